The van der Waals surface area contributed by atoms with E-state index in [1.165, 1.54) is 64.2 Å². The molecule has 0 amide bonds. The maximum atomic E-state index is 2.29. The second-order valence-corrected chi connectivity index (χ2v) is 4.33. The Morgan fingerprint density at radius 2 is 1.14 bits per heavy atom. The molecule has 0 nitrogen and oxygen atoms in total. The number of rotatable bonds is 10. The Hall–Kier alpha value is 0. The summed E-state index contributed by atoms with van der Waals surface area (Å²) in [4.78, 5) is 0. The molecule has 0 fully saturated rings. The lowest BCUT2D eigenvalue weighted by molar-refractivity contribution is 0.565. The zero-order valence-corrected chi connectivity index (χ0v) is 10.6. The van der Waals surface area contributed by atoms with Crippen LogP contribution in [0, 0.1) is 5.92 Å². The second kappa shape index (κ2) is 11.1. The highest BCUT2D eigenvalue weighted by Crippen LogP contribution is 2.19. The summed E-state index contributed by atoms with van der Waals surface area (Å²) in [5.41, 5.74) is 0. The van der Waals surface area contributed by atoms with Crippen LogP contribution in [0.2, 0.25) is 0 Å². The molecule has 0 N–H and O–H groups in total. The molecule has 0 aromatic carbocycles. The van der Waals surface area contributed by atoms with Crippen molar-refractivity contribution >= 4 is 0 Å². The molecule has 0 aliphatic carbocycles. The molecule has 0 aliphatic rings. The standard InChI is InChI=1S/C14H29/c1-4-7-8-9-10-11-12-13-14(5-2)6-3/h4-13H2,1-3H3. The number of hydrogen-bond acceptors (Lipinski definition) is 0. The molecule has 0 unspecified atom stereocenters. The van der Waals surface area contributed by atoms with Gasteiger partial charge in [0, 0.05) is 0 Å². The molecule has 0 saturated carbocycles. The normalized spacial score (nSPS) is 11.1. The van der Waals surface area contributed by atoms with Gasteiger partial charge in [0.25, 0.3) is 0 Å². The van der Waals surface area contributed by atoms with Gasteiger partial charge in [0.2, 0.25) is 0 Å². The summed E-state index contributed by atoms with van der Waals surface area (Å²) in [5, 5.41) is 0. The minimum Gasteiger partial charge on any atom is -0.0654 e. The zero-order chi connectivity index (χ0) is 10.6. The average molecular weight is 197 g/mol. The summed E-state index contributed by atoms with van der Waals surface area (Å²) in [5.74, 6) is 1.76. The largest absolute Gasteiger partial charge is 0.0654 e. The van der Waals surface area contributed by atoms with E-state index in [1.54, 1.807) is 5.92 Å². The molecule has 85 valence electrons. The molecule has 1 radical (unpaired) electrons. The van der Waals surface area contributed by atoms with E-state index in [-0.39, 0.29) is 0 Å². The third kappa shape index (κ3) is 8.59. The highest BCUT2D eigenvalue weighted by atomic mass is 14.1. The van der Waals surface area contributed by atoms with E-state index in [0.29, 0.717) is 0 Å². The van der Waals surface area contributed by atoms with Crippen LogP contribution >= 0.6 is 0 Å². The summed E-state index contributed by atoms with van der Waals surface area (Å²) in [7, 11) is 0. The van der Waals surface area contributed by atoms with E-state index in [1.807, 2.05) is 0 Å². The fourth-order valence-electron chi connectivity index (χ4n) is 1.94. The van der Waals surface area contributed by atoms with Crippen molar-refractivity contribution in [3.8, 4) is 0 Å². The molecule has 0 aromatic heterocycles. The topological polar surface area (TPSA) is 0 Å². The Morgan fingerprint density at radius 3 is 1.64 bits per heavy atom. The molecule has 14 heavy (non-hydrogen) atoms. The van der Waals surface area contributed by atoms with Gasteiger partial charge in [-0.2, -0.15) is 0 Å². The Bertz CT molecular complexity index is 92.2. The van der Waals surface area contributed by atoms with Crippen LogP contribution in [-0.4, -0.2) is 0 Å². The van der Waals surface area contributed by atoms with Gasteiger partial charge in [0.1, 0.15) is 0 Å². The van der Waals surface area contributed by atoms with E-state index < -0.39 is 0 Å². The average Bonchev–Trinajstić information content (AvgIpc) is 2.22. The first kappa shape index (κ1) is 14.0. The first-order chi connectivity index (χ1) is 6.85. The molecular weight excluding hydrogens is 168 g/mol. The molecule has 0 aliphatic heterocycles. The highest BCUT2D eigenvalue weighted by molar-refractivity contribution is 4.85. The van der Waals surface area contributed by atoms with Crippen LogP contribution in [0.15, 0.2) is 0 Å². The van der Waals surface area contributed by atoms with Crippen molar-refractivity contribution < 1.29 is 0 Å². The Labute approximate surface area is 91.5 Å². The molecule has 0 rings (SSSR count). The van der Waals surface area contributed by atoms with Crippen molar-refractivity contribution in [3.63, 3.8) is 0 Å². The van der Waals surface area contributed by atoms with Crippen molar-refractivity contribution in [2.45, 2.75) is 85.0 Å². The summed E-state index contributed by atoms with van der Waals surface area (Å²) in [6, 6.07) is 0. The van der Waals surface area contributed by atoms with E-state index in [9.17, 15) is 0 Å². The molecule has 0 heteroatoms. The van der Waals surface area contributed by atoms with Crippen molar-refractivity contribution in [3.05, 3.63) is 5.92 Å². The van der Waals surface area contributed by atoms with Crippen molar-refractivity contribution in [1.82, 2.24) is 0 Å². The predicted octanol–water partition coefficient (Wildman–Crippen LogP) is 5.52. The van der Waals surface area contributed by atoms with Gasteiger partial charge < -0.3 is 0 Å². The first-order valence-corrected chi connectivity index (χ1v) is 6.68. The van der Waals surface area contributed by atoms with Crippen LogP contribution in [0.25, 0.3) is 0 Å². The molecule has 0 heterocycles. The molecule has 0 bridgehead atoms. The second-order valence-electron chi connectivity index (χ2n) is 4.33. The van der Waals surface area contributed by atoms with Crippen LogP contribution in [0.3, 0.4) is 0 Å². The van der Waals surface area contributed by atoms with Crippen molar-refractivity contribution in [2.75, 3.05) is 0 Å². The Balaban J connectivity index is 3.04. The van der Waals surface area contributed by atoms with Gasteiger partial charge >= 0.3 is 0 Å². The lowest BCUT2D eigenvalue weighted by atomic mass is 9.96. The SMILES string of the molecule is CCCCCCCCC[C](CC)CC. The first-order valence-electron chi connectivity index (χ1n) is 6.68. The van der Waals surface area contributed by atoms with Gasteiger partial charge in [-0.25, -0.2) is 0 Å². The zero-order valence-electron chi connectivity index (χ0n) is 10.6. The van der Waals surface area contributed by atoms with Gasteiger partial charge in [-0.1, -0.05) is 65.7 Å². The molecule has 0 aromatic rings. The summed E-state index contributed by atoms with van der Waals surface area (Å²) in [6.07, 6.45) is 14.0. The third-order valence-corrected chi connectivity index (χ3v) is 3.13. The lowest BCUT2D eigenvalue weighted by Crippen LogP contribution is -1.93. The van der Waals surface area contributed by atoms with Crippen molar-refractivity contribution in [2.24, 2.45) is 0 Å². The monoisotopic (exact) mass is 197 g/mol. The quantitative estimate of drug-likeness (QED) is 0.404. The van der Waals surface area contributed by atoms with Gasteiger partial charge in [0.15, 0.2) is 0 Å². The van der Waals surface area contributed by atoms with E-state index >= 15 is 0 Å². The van der Waals surface area contributed by atoms with E-state index in [4.69, 9.17) is 0 Å². The minimum atomic E-state index is 1.30. The maximum Gasteiger partial charge on any atom is -0.0246 e. The molecule has 0 atom stereocenters. The lowest BCUT2D eigenvalue weighted by Gasteiger charge is -2.10. The smallest absolute Gasteiger partial charge is 0.0246 e. The fourth-order valence-corrected chi connectivity index (χ4v) is 1.94. The summed E-state index contributed by atoms with van der Waals surface area (Å²) < 4.78 is 0. The van der Waals surface area contributed by atoms with Gasteiger partial charge in [0.05, 0.1) is 0 Å². The Morgan fingerprint density at radius 1 is 0.643 bits per heavy atom. The van der Waals surface area contributed by atoms with E-state index in [2.05, 4.69) is 20.8 Å². The van der Waals surface area contributed by atoms with Gasteiger partial charge in [-0.05, 0) is 25.2 Å². The van der Waals surface area contributed by atoms with Crippen LogP contribution in [0.1, 0.15) is 85.0 Å². The highest BCUT2D eigenvalue weighted by Gasteiger charge is 2.02. The predicted molar refractivity (Wildman–Crippen MR) is 66.4 cm³/mol. The summed E-state index contributed by atoms with van der Waals surface area (Å²) in [6.45, 7) is 6.86. The molecular formula is C14H29. The van der Waals surface area contributed by atoms with Gasteiger partial charge in [-0.15, -0.1) is 0 Å². The third-order valence-electron chi connectivity index (χ3n) is 3.13. The Kier molecular flexibility index (Phi) is 11.1. The molecule has 0 saturated heterocycles. The fraction of sp³-hybridized carbons (Fsp3) is 0.929. The van der Waals surface area contributed by atoms with Crippen LogP contribution in [-0.2, 0) is 0 Å². The number of unbranched alkanes of at least 4 members (excludes halogenated alkanes) is 6. The van der Waals surface area contributed by atoms with Crippen molar-refractivity contribution in [1.29, 1.82) is 0 Å². The maximum absolute atomic E-state index is 2.29. The minimum absolute atomic E-state index is 1.30. The van der Waals surface area contributed by atoms with E-state index in [0.717, 1.165) is 0 Å². The number of hydrogen-bond donors (Lipinski definition) is 0. The summed E-state index contributed by atoms with van der Waals surface area (Å²) >= 11 is 0. The molecule has 0 spiro atoms. The van der Waals surface area contributed by atoms with Gasteiger partial charge in [-0.3, -0.25) is 0 Å². The van der Waals surface area contributed by atoms with Crippen LogP contribution < -0.4 is 0 Å². The van der Waals surface area contributed by atoms with Crippen LogP contribution in [0.5, 0.6) is 0 Å². The van der Waals surface area contributed by atoms with Crippen LogP contribution in [0.4, 0.5) is 0 Å².